The zero-order chi connectivity index (χ0) is 14.7. The first-order valence-corrected chi connectivity index (χ1v) is 6.79. The van der Waals surface area contributed by atoms with Crippen molar-refractivity contribution in [1.82, 2.24) is 5.43 Å². The van der Waals surface area contributed by atoms with Crippen LogP contribution in [-0.2, 0) is 6.61 Å². The summed E-state index contributed by atoms with van der Waals surface area (Å²) in [5.74, 6) is 5.86. The third-order valence-electron chi connectivity index (χ3n) is 2.90. The number of nitrogen functional groups attached to an aromatic ring is 1. The largest absolute Gasteiger partial charge is 0.486 e. The van der Waals surface area contributed by atoms with E-state index in [0.29, 0.717) is 11.3 Å². The van der Waals surface area contributed by atoms with Gasteiger partial charge in [0.25, 0.3) is 5.91 Å². The van der Waals surface area contributed by atoms with Gasteiger partial charge in [0.15, 0.2) is 5.76 Å². The lowest BCUT2D eigenvalue weighted by atomic mass is 10.1. The van der Waals surface area contributed by atoms with E-state index in [-0.39, 0.29) is 6.61 Å². The fourth-order valence-electron chi connectivity index (χ4n) is 1.87. The summed E-state index contributed by atoms with van der Waals surface area (Å²) in [4.78, 5) is 11.5. The van der Waals surface area contributed by atoms with Crippen LogP contribution in [0.15, 0.2) is 33.4 Å². The van der Waals surface area contributed by atoms with Crippen LogP contribution in [0.2, 0.25) is 0 Å². The van der Waals surface area contributed by atoms with Gasteiger partial charge in [0.2, 0.25) is 0 Å². The van der Waals surface area contributed by atoms with Crippen molar-refractivity contribution in [2.75, 3.05) is 0 Å². The number of carbonyl (C=O) groups is 1. The van der Waals surface area contributed by atoms with Crippen LogP contribution in [0.1, 0.15) is 27.2 Å². The average molecular weight is 339 g/mol. The summed E-state index contributed by atoms with van der Waals surface area (Å²) in [7, 11) is 0. The molecule has 0 fully saturated rings. The van der Waals surface area contributed by atoms with Gasteiger partial charge in [0, 0.05) is 4.47 Å². The minimum absolute atomic E-state index is 0.163. The number of nitrogens with two attached hydrogens (primary N) is 1. The lowest BCUT2D eigenvalue weighted by Crippen LogP contribution is -2.30. The molecule has 0 saturated heterocycles. The maximum Gasteiger partial charge on any atom is 0.268 e. The molecule has 3 N–H and O–H groups in total. The number of carbonyl (C=O) groups excluding carboxylic acids is 1. The molecular formula is C14H15BrN2O3. The Labute approximate surface area is 125 Å². The Balaban J connectivity index is 2.13. The van der Waals surface area contributed by atoms with Gasteiger partial charge in [0.1, 0.15) is 12.4 Å². The number of amides is 1. The highest BCUT2D eigenvalue weighted by atomic mass is 79.9. The number of hydrazine groups is 1. The first-order valence-electron chi connectivity index (χ1n) is 5.99. The molecule has 106 valence electrons. The van der Waals surface area contributed by atoms with E-state index in [4.69, 9.17) is 15.0 Å². The van der Waals surface area contributed by atoms with Gasteiger partial charge in [0.05, 0.1) is 11.8 Å². The molecular weight excluding hydrogens is 324 g/mol. The van der Waals surface area contributed by atoms with E-state index >= 15 is 0 Å². The van der Waals surface area contributed by atoms with Gasteiger partial charge in [-0.05, 0) is 43.2 Å². The minimum atomic E-state index is -0.402. The number of rotatable bonds is 4. The van der Waals surface area contributed by atoms with Crippen LogP contribution in [0, 0.1) is 13.8 Å². The Morgan fingerprint density at radius 1 is 1.40 bits per heavy atom. The van der Waals surface area contributed by atoms with Crippen LogP contribution in [0.25, 0.3) is 0 Å². The fraction of sp³-hybridized carbons (Fsp3) is 0.214. The average Bonchev–Trinajstić information content (AvgIpc) is 2.89. The molecule has 0 saturated carbocycles. The summed E-state index contributed by atoms with van der Waals surface area (Å²) in [5, 5.41) is 0. The number of hydrogen-bond donors (Lipinski definition) is 2. The van der Waals surface area contributed by atoms with E-state index in [1.165, 1.54) is 6.26 Å². The van der Waals surface area contributed by atoms with Crippen molar-refractivity contribution >= 4 is 21.8 Å². The topological polar surface area (TPSA) is 77.5 Å². The maximum atomic E-state index is 11.5. The Morgan fingerprint density at radius 2 is 2.05 bits per heavy atom. The van der Waals surface area contributed by atoms with Crippen molar-refractivity contribution in [3.05, 3.63) is 51.4 Å². The molecule has 1 heterocycles. The molecule has 0 aliphatic rings. The molecule has 1 aromatic carbocycles. The Hall–Kier alpha value is -1.79. The Bertz CT molecular complexity index is 614. The van der Waals surface area contributed by atoms with Crippen molar-refractivity contribution in [2.24, 2.45) is 5.84 Å². The quantitative estimate of drug-likeness (QED) is 0.510. The van der Waals surface area contributed by atoms with Gasteiger partial charge in [-0.15, -0.1) is 0 Å². The molecule has 6 heteroatoms. The summed E-state index contributed by atoms with van der Waals surface area (Å²) in [6.07, 6.45) is 1.43. The van der Waals surface area contributed by atoms with Gasteiger partial charge < -0.3 is 9.15 Å². The number of halogens is 1. The van der Waals surface area contributed by atoms with E-state index in [0.717, 1.165) is 21.3 Å². The molecule has 2 aromatic rings. The molecule has 0 radical (unpaired) electrons. The number of furan rings is 1. The minimum Gasteiger partial charge on any atom is -0.486 e. The van der Waals surface area contributed by atoms with Crippen LogP contribution in [-0.4, -0.2) is 5.91 Å². The summed E-state index contributed by atoms with van der Waals surface area (Å²) < 4.78 is 12.0. The number of ether oxygens (including phenoxy) is 1. The maximum absolute atomic E-state index is 11.5. The molecule has 5 nitrogen and oxygen atoms in total. The number of nitrogens with one attached hydrogen (secondary N) is 1. The van der Waals surface area contributed by atoms with Crippen LogP contribution in [0.3, 0.4) is 0 Å². The van der Waals surface area contributed by atoms with Crippen LogP contribution < -0.4 is 16.0 Å². The van der Waals surface area contributed by atoms with Crippen LogP contribution in [0.5, 0.6) is 5.75 Å². The number of aryl methyl sites for hydroxylation is 2. The van der Waals surface area contributed by atoms with Gasteiger partial charge in [-0.25, -0.2) is 5.84 Å². The standard InChI is InChI=1S/C14H15BrN2O3/c1-8-5-10(6-9(2)13(8)15)20-7-12-11(3-4-19-12)14(18)17-16/h3-6H,7,16H2,1-2H3,(H,17,18). The van der Waals surface area contributed by atoms with E-state index < -0.39 is 5.91 Å². The van der Waals surface area contributed by atoms with Crippen molar-refractivity contribution in [3.63, 3.8) is 0 Å². The van der Waals surface area contributed by atoms with Gasteiger partial charge in [-0.3, -0.25) is 10.2 Å². The predicted molar refractivity (Wildman–Crippen MR) is 78.3 cm³/mol. The summed E-state index contributed by atoms with van der Waals surface area (Å²) in [6, 6.07) is 5.39. The molecule has 0 unspecified atom stereocenters. The van der Waals surface area contributed by atoms with Crippen molar-refractivity contribution < 1.29 is 13.9 Å². The van der Waals surface area contributed by atoms with Gasteiger partial charge >= 0.3 is 0 Å². The zero-order valence-corrected chi connectivity index (χ0v) is 12.8. The normalized spacial score (nSPS) is 10.4. The van der Waals surface area contributed by atoms with E-state index in [9.17, 15) is 4.79 Å². The lowest BCUT2D eigenvalue weighted by molar-refractivity contribution is 0.0949. The van der Waals surface area contributed by atoms with Crippen molar-refractivity contribution in [3.8, 4) is 5.75 Å². The Kier molecular flexibility index (Phi) is 4.46. The summed E-state index contributed by atoms with van der Waals surface area (Å²) in [5.41, 5.74) is 4.61. The highest BCUT2D eigenvalue weighted by Crippen LogP contribution is 2.27. The summed E-state index contributed by atoms with van der Waals surface area (Å²) in [6.45, 7) is 4.14. The van der Waals surface area contributed by atoms with Crippen molar-refractivity contribution in [1.29, 1.82) is 0 Å². The van der Waals surface area contributed by atoms with E-state index in [2.05, 4.69) is 21.4 Å². The second kappa shape index (κ2) is 6.11. The lowest BCUT2D eigenvalue weighted by Gasteiger charge is -2.09. The highest BCUT2D eigenvalue weighted by Gasteiger charge is 2.14. The second-order valence-electron chi connectivity index (χ2n) is 4.39. The second-order valence-corrected chi connectivity index (χ2v) is 5.18. The molecule has 1 amide bonds. The molecule has 0 spiro atoms. The Morgan fingerprint density at radius 3 is 2.65 bits per heavy atom. The zero-order valence-electron chi connectivity index (χ0n) is 11.2. The third-order valence-corrected chi connectivity index (χ3v) is 4.15. The number of hydrogen-bond acceptors (Lipinski definition) is 4. The smallest absolute Gasteiger partial charge is 0.268 e. The first kappa shape index (κ1) is 14.6. The van der Waals surface area contributed by atoms with Crippen molar-refractivity contribution in [2.45, 2.75) is 20.5 Å². The molecule has 0 atom stereocenters. The third kappa shape index (κ3) is 3.02. The van der Waals surface area contributed by atoms with E-state index in [1.54, 1.807) is 6.07 Å². The molecule has 0 aliphatic carbocycles. The molecule has 1 aromatic heterocycles. The molecule has 0 aliphatic heterocycles. The van der Waals surface area contributed by atoms with Gasteiger partial charge in [-0.2, -0.15) is 0 Å². The highest BCUT2D eigenvalue weighted by molar-refractivity contribution is 9.10. The molecule has 20 heavy (non-hydrogen) atoms. The van der Waals surface area contributed by atoms with E-state index in [1.807, 2.05) is 26.0 Å². The van der Waals surface area contributed by atoms with Gasteiger partial charge in [-0.1, -0.05) is 15.9 Å². The predicted octanol–water partition coefficient (Wildman–Crippen LogP) is 2.84. The summed E-state index contributed by atoms with van der Waals surface area (Å²) >= 11 is 3.50. The molecule has 0 bridgehead atoms. The monoisotopic (exact) mass is 338 g/mol. The first-order chi connectivity index (χ1) is 9.52. The molecule has 2 rings (SSSR count). The fourth-order valence-corrected chi connectivity index (χ4v) is 2.10. The number of benzene rings is 1. The van der Waals surface area contributed by atoms with Crippen LogP contribution >= 0.6 is 15.9 Å². The van der Waals surface area contributed by atoms with Crippen LogP contribution in [0.4, 0.5) is 0 Å². The SMILES string of the molecule is Cc1cc(OCc2occc2C(=O)NN)cc(C)c1Br.